The van der Waals surface area contributed by atoms with Gasteiger partial charge >= 0.3 is 0 Å². The van der Waals surface area contributed by atoms with Crippen LogP contribution in [0.25, 0.3) is 0 Å². The zero-order valence-electron chi connectivity index (χ0n) is 15.5. The van der Waals surface area contributed by atoms with Crippen LogP contribution in [0.2, 0.25) is 0 Å². The van der Waals surface area contributed by atoms with Gasteiger partial charge in [0.05, 0.1) is 12.8 Å². The molecular formula is C21H20F2N4O. The van der Waals surface area contributed by atoms with Gasteiger partial charge in [-0.2, -0.15) is 0 Å². The normalized spacial score (nSPS) is 13.8. The number of rotatable bonds is 5. The van der Waals surface area contributed by atoms with E-state index in [-0.39, 0.29) is 0 Å². The number of methoxy groups -OCH3 is 1. The first kappa shape index (κ1) is 18.3. The molecule has 0 saturated carbocycles. The summed E-state index contributed by atoms with van der Waals surface area (Å²) in [5.74, 6) is -0.290. The van der Waals surface area contributed by atoms with Crippen molar-refractivity contribution in [3.8, 4) is 5.75 Å². The number of benzene rings is 2. The Bertz CT molecular complexity index is 979. The third-order valence-corrected chi connectivity index (χ3v) is 4.75. The van der Waals surface area contributed by atoms with E-state index < -0.39 is 11.6 Å². The van der Waals surface area contributed by atoms with E-state index in [2.05, 4.69) is 20.2 Å². The highest BCUT2D eigenvalue weighted by Gasteiger charge is 2.19. The fourth-order valence-electron chi connectivity index (χ4n) is 3.27. The van der Waals surface area contributed by atoms with Crippen LogP contribution in [0, 0.1) is 11.6 Å². The number of anilines is 2. The second-order valence-corrected chi connectivity index (χ2v) is 6.73. The van der Waals surface area contributed by atoms with Crippen molar-refractivity contribution in [1.29, 1.82) is 0 Å². The molecule has 0 amide bonds. The molecule has 1 aliphatic heterocycles. The number of nitrogens with one attached hydrogen (secondary N) is 1. The topological polar surface area (TPSA) is 50.3 Å². The van der Waals surface area contributed by atoms with Crippen LogP contribution in [-0.2, 0) is 19.5 Å². The minimum atomic E-state index is -0.821. The second kappa shape index (κ2) is 7.90. The zero-order chi connectivity index (χ0) is 19.5. The van der Waals surface area contributed by atoms with Gasteiger partial charge in [0.25, 0.3) is 0 Å². The van der Waals surface area contributed by atoms with E-state index >= 15 is 0 Å². The molecular weight excluding hydrogens is 362 g/mol. The second-order valence-electron chi connectivity index (χ2n) is 6.73. The molecule has 1 aliphatic rings. The van der Waals surface area contributed by atoms with Gasteiger partial charge in [0, 0.05) is 43.5 Å². The summed E-state index contributed by atoms with van der Waals surface area (Å²) in [5.41, 5.74) is 3.69. The molecule has 0 fully saturated rings. The minimum Gasteiger partial charge on any atom is -0.497 e. The number of hydrogen-bond donors (Lipinski definition) is 1. The van der Waals surface area contributed by atoms with E-state index in [1.54, 1.807) is 13.2 Å². The number of aromatic nitrogens is 2. The minimum absolute atomic E-state index is 0.554. The number of hydrogen-bond acceptors (Lipinski definition) is 5. The van der Waals surface area contributed by atoms with Crippen LogP contribution >= 0.6 is 0 Å². The Hall–Kier alpha value is -3.06. The predicted molar refractivity (Wildman–Crippen MR) is 102 cm³/mol. The highest BCUT2D eigenvalue weighted by atomic mass is 19.2. The fourth-order valence-corrected chi connectivity index (χ4v) is 3.27. The lowest BCUT2D eigenvalue weighted by Gasteiger charge is -2.28. The van der Waals surface area contributed by atoms with E-state index in [0.29, 0.717) is 19.0 Å². The molecule has 7 heteroatoms. The molecule has 144 valence electrons. The molecule has 0 saturated heterocycles. The van der Waals surface area contributed by atoms with Crippen molar-refractivity contribution in [2.75, 3.05) is 19.0 Å². The maximum absolute atomic E-state index is 13.4. The van der Waals surface area contributed by atoms with Crippen LogP contribution in [0.15, 0.2) is 48.7 Å². The molecule has 0 aliphatic carbocycles. The summed E-state index contributed by atoms with van der Waals surface area (Å²) < 4.78 is 31.7. The Morgan fingerprint density at radius 2 is 1.93 bits per heavy atom. The number of nitrogens with zero attached hydrogens (tertiary/aromatic N) is 3. The molecule has 2 aromatic carbocycles. The number of fused-ring (bicyclic) bond motifs is 1. The summed E-state index contributed by atoms with van der Waals surface area (Å²) in [6, 6.07) is 11.6. The maximum atomic E-state index is 13.4. The average Bonchev–Trinajstić information content (AvgIpc) is 2.71. The standard InChI is InChI=1S/C21H20F2N4O/c1-28-17-5-3-16(4-6-17)25-21-24-11-15-13-27(9-8-20(15)26-21)12-14-2-7-18(22)19(23)10-14/h2-7,10-11H,8-9,12-13H2,1H3,(H,24,25,26). The lowest BCUT2D eigenvalue weighted by atomic mass is 10.1. The van der Waals surface area contributed by atoms with Crippen LogP contribution in [0.4, 0.5) is 20.4 Å². The van der Waals surface area contributed by atoms with Gasteiger partial charge in [-0.25, -0.2) is 18.7 Å². The van der Waals surface area contributed by atoms with Gasteiger partial charge < -0.3 is 10.1 Å². The summed E-state index contributed by atoms with van der Waals surface area (Å²) in [5, 5.41) is 3.20. The Morgan fingerprint density at radius 3 is 2.68 bits per heavy atom. The summed E-state index contributed by atoms with van der Waals surface area (Å²) in [6.07, 6.45) is 2.60. The fraction of sp³-hybridized carbons (Fsp3) is 0.238. The van der Waals surface area contributed by atoms with E-state index in [9.17, 15) is 8.78 Å². The monoisotopic (exact) mass is 382 g/mol. The van der Waals surface area contributed by atoms with Gasteiger partial charge in [-0.3, -0.25) is 4.90 Å². The molecule has 28 heavy (non-hydrogen) atoms. The van der Waals surface area contributed by atoms with Crippen LogP contribution < -0.4 is 10.1 Å². The molecule has 1 aromatic heterocycles. The van der Waals surface area contributed by atoms with Gasteiger partial charge in [0.15, 0.2) is 11.6 Å². The van der Waals surface area contributed by atoms with Gasteiger partial charge in [-0.1, -0.05) is 6.07 Å². The molecule has 0 unspecified atom stereocenters. The Kier molecular flexibility index (Phi) is 5.16. The van der Waals surface area contributed by atoms with Crippen molar-refractivity contribution >= 4 is 11.6 Å². The molecule has 1 N–H and O–H groups in total. The molecule has 0 atom stereocenters. The molecule has 4 rings (SSSR count). The van der Waals surface area contributed by atoms with Gasteiger partial charge in [-0.05, 0) is 42.0 Å². The number of halogens is 2. The Morgan fingerprint density at radius 1 is 1.11 bits per heavy atom. The van der Waals surface area contributed by atoms with E-state index in [1.807, 2.05) is 30.5 Å². The van der Waals surface area contributed by atoms with E-state index in [4.69, 9.17) is 4.74 Å². The Balaban J connectivity index is 1.42. The van der Waals surface area contributed by atoms with Crippen LogP contribution in [0.3, 0.4) is 0 Å². The molecule has 5 nitrogen and oxygen atoms in total. The zero-order valence-corrected chi connectivity index (χ0v) is 15.5. The van der Waals surface area contributed by atoms with Gasteiger partial charge in [0.1, 0.15) is 5.75 Å². The average molecular weight is 382 g/mol. The third kappa shape index (κ3) is 4.09. The van der Waals surface area contributed by atoms with E-state index in [1.165, 1.54) is 12.1 Å². The molecule has 3 aromatic rings. The van der Waals surface area contributed by atoms with Crippen molar-refractivity contribution in [3.63, 3.8) is 0 Å². The van der Waals surface area contributed by atoms with Gasteiger partial charge in [0.2, 0.25) is 5.95 Å². The smallest absolute Gasteiger partial charge is 0.227 e. The summed E-state index contributed by atoms with van der Waals surface area (Å²) in [7, 11) is 1.63. The molecule has 0 radical (unpaired) electrons. The Labute approximate surface area is 162 Å². The van der Waals surface area contributed by atoms with Crippen LogP contribution in [0.5, 0.6) is 5.75 Å². The first-order chi connectivity index (χ1) is 13.6. The highest BCUT2D eigenvalue weighted by Crippen LogP contribution is 2.22. The first-order valence-corrected chi connectivity index (χ1v) is 9.03. The first-order valence-electron chi connectivity index (χ1n) is 9.03. The van der Waals surface area contributed by atoms with Gasteiger partial charge in [-0.15, -0.1) is 0 Å². The summed E-state index contributed by atoms with van der Waals surface area (Å²) in [4.78, 5) is 11.2. The SMILES string of the molecule is COc1ccc(Nc2ncc3c(n2)CCN(Cc2ccc(F)c(F)c2)C3)cc1. The predicted octanol–water partition coefficient (Wildman–Crippen LogP) is 4.07. The largest absolute Gasteiger partial charge is 0.497 e. The summed E-state index contributed by atoms with van der Waals surface area (Å²) in [6.45, 7) is 2.03. The molecule has 0 spiro atoms. The van der Waals surface area contributed by atoms with Crippen molar-refractivity contribution in [1.82, 2.24) is 14.9 Å². The maximum Gasteiger partial charge on any atom is 0.227 e. The van der Waals surface area contributed by atoms with Crippen LogP contribution in [0.1, 0.15) is 16.8 Å². The third-order valence-electron chi connectivity index (χ3n) is 4.75. The van der Waals surface area contributed by atoms with Crippen molar-refractivity contribution in [2.45, 2.75) is 19.5 Å². The quantitative estimate of drug-likeness (QED) is 0.721. The number of ether oxygens (including phenoxy) is 1. The lowest BCUT2D eigenvalue weighted by Crippen LogP contribution is -2.31. The van der Waals surface area contributed by atoms with Crippen molar-refractivity contribution in [3.05, 3.63) is 77.1 Å². The van der Waals surface area contributed by atoms with Crippen LogP contribution in [-0.4, -0.2) is 28.5 Å². The van der Waals surface area contributed by atoms with Crippen molar-refractivity contribution in [2.24, 2.45) is 0 Å². The van der Waals surface area contributed by atoms with Crippen molar-refractivity contribution < 1.29 is 13.5 Å². The lowest BCUT2D eigenvalue weighted by molar-refractivity contribution is 0.242. The highest BCUT2D eigenvalue weighted by molar-refractivity contribution is 5.54. The van der Waals surface area contributed by atoms with E-state index in [0.717, 1.165) is 41.2 Å². The molecule has 0 bridgehead atoms. The molecule has 2 heterocycles. The summed E-state index contributed by atoms with van der Waals surface area (Å²) >= 11 is 0.